The van der Waals surface area contributed by atoms with Crippen LogP contribution < -0.4 is 10.1 Å². The first-order valence-corrected chi connectivity index (χ1v) is 12.2. The minimum atomic E-state index is 0.276. The second-order valence-electron chi connectivity index (χ2n) is 8.30. The minimum absolute atomic E-state index is 0.276. The molecule has 33 heavy (non-hydrogen) atoms. The highest BCUT2D eigenvalue weighted by Crippen LogP contribution is 2.35. The number of ether oxygens (including phenoxy) is 1. The van der Waals surface area contributed by atoms with Crippen LogP contribution in [0.25, 0.3) is 11.1 Å². The molecule has 0 saturated heterocycles. The van der Waals surface area contributed by atoms with E-state index < -0.39 is 0 Å². The molecule has 0 unspecified atom stereocenters. The topological polar surface area (TPSA) is 41.5 Å². The second-order valence-corrected chi connectivity index (χ2v) is 8.30. The van der Waals surface area contributed by atoms with Crippen LogP contribution in [0.1, 0.15) is 62.6 Å². The summed E-state index contributed by atoms with van der Waals surface area (Å²) in [6.45, 7) is 7.01. The Bertz CT molecular complexity index is 976. The maximum atomic E-state index is 9.80. The van der Waals surface area contributed by atoms with E-state index in [4.69, 9.17) is 4.74 Å². The third-order valence-corrected chi connectivity index (χ3v) is 5.83. The standard InChI is InChI=1S/C30H37NO2/c1-3-5-6-10-21-31-22-23-33-28-19-15-26(16-20-28)30(25-13-17-27(32)18-14-25)29(4-2)24-11-8-7-9-12-24/h7-9,11-20,31-32H,3-6,10,21-23H2,1-2H3/b30-29-. The van der Waals surface area contributed by atoms with Gasteiger partial charge in [0, 0.05) is 6.54 Å². The van der Waals surface area contributed by atoms with Gasteiger partial charge in [0.05, 0.1) is 0 Å². The average Bonchev–Trinajstić information content (AvgIpc) is 2.86. The van der Waals surface area contributed by atoms with Crippen LogP contribution in [0.5, 0.6) is 11.5 Å². The van der Waals surface area contributed by atoms with Gasteiger partial charge in [-0.05, 0) is 71.5 Å². The van der Waals surface area contributed by atoms with Crippen molar-refractivity contribution in [1.29, 1.82) is 0 Å². The number of benzene rings is 3. The molecule has 3 nitrogen and oxygen atoms in total. The van der Waals surface area contributed by atoms with Gasteiger partial charge < -0.3 is 15.2 Å². The summed E-state index contributed by atoms with van der Waals surface area (Å²) in [5.41, 5.74) is 5.91. The van der Waals surface area contributed by atoms with E-state index in [1.54, 1.807) is 12.1 Å². The van der Waals surface area contributed by atoms with Gasteiger partial charge in [-0.25, -0.2) is 0 Å². The molecule has 2 N–H and O–H groups in total. The number of hydrogen-bond donors (Lipinski definition) is 2. The Morgan fingerprint density at radius 1 is 0.727 bits per heavy atom. The third kappa shape index (κ3) is 7.50. The molecule has 0 radical (unpaired) electrons. The largest absolute Gasteiger partial charge is 0.508 e. The summed E-state index contributed by atoms with van der Waals surface area (Å²) >= 11 is 0. The van der Waals surface area contributed by atoms with E-state index in [0.717, 1.165) is 36.4 Å². The summed E-state index contributed by atoms with van der Waals surface area (Å²) in [6, 6.07) is 26.4. The smallest absolute Gasteiger partial charge is 0.119 e. The van der Waals surface area contributed by atoms with Gasteiger partial charge in [0.15, 0.2) is 0 Å². The van der Waals surface area contributed by atoms with Crippen molar-refractivity contribution in [3.8, 4) is 11.5 Å². The van der Waals surface area contributed by atoms with Gasteiger partial charge in [-0.1, -0.05) is 87.7 Å². The third-order valence-electron chi connectivity index (χ3n) is 5.83. The molecule has 174 valence electrons. The molecule has 3 aromatic rings. The van der Waals surface area contributed by atoms with Gasteiger partial charge in [-0.15, -0.1) is 0 Å². The van der Waals surface area contributed by atoms with Crippen molar-refractivity contribution in [3.05, 3.63) is 95.6 Å². The number of unbranched alkanes of at least 4 members (excludes halogenated alkanes) is 3. The lowest BCUT2D eigenvalue weighted by Gasteiger charge is -2.17. The monoisotopic (exact) mass is 443 g/mol. The van der Waals surface area contributed by atoms with Crippen molar-refractivity contribution in [1.82, 2.24) is 5.32 Å². The first-order valence-electron chi connectivity index (χ1n) is 12.2. The van der Waals surface area contributed by atoms with Crippen LogP contribution in [-0.4, -0.2) is 24.8 Å². The maximum Gasteiger partial charge on any atom is 0.119 e. The molecule has 0 atom stereocenters. The number of phenolic OH excluding ortho intramolecular Hbond substituents is 1. The van der Waals surface area contributed by atoms with Crippen molar-refractivity contribution < 1.29 is 9.84 Å². The van der Waals surface area contributed by atoms with Gasteiger partial charge in [0.25, 0.3) is 0 Å². The van der Waals surface area contributed by atoms with Crippen molar-refractivity contribution in [2.24, 2.45) is 0 Å². The van der Waals surface area contributed by atoms with Gasteiger partial charge >= 0.3 is 0 Å². The highest BCUT2D eigenvalue weighted by atomic mass is 16.5. The summed E-state index contributed by atoms with van der Waals surface area (Å²) < 4.78 is 5.95. The highest BCUT2D eigenvalue weighted by molar-refractivity contribution is 5.98. The Hall–Kier alpha value is -3.04. The molecule has 3 aromatic carbocycles. The van der Waals surface area contributed by atoms with Gasteiger partial charge in [0.2, 0.25) is 0 Å². The second kappa shape index (κ2) is 13.5. The molecule has 0 aromatic heterocycles. The van der Waals surface area contributed by atoms with Crippen LogP contribution in [0.4, 0.5) is 0 Å². The molecule has 0 aliphatic heterocycles. The van der Waals surface area contributed by atoms with Crippen molar-refractivity contribution >= 4 is 11.1 Å². The van der Waals surface area contributed by atoms with E-state index in [9.17, 15) is 5.11 Å². The molecular weight excluding hydrogens is 406 g/mol. The fourth-order valence-corrected chi connectivity index (χ4v) is 4.07. The predicted molar refractivity (Wildman–Crippen MR) is 140 cm³/mol. The highest BCUT2D eigenvalue weighted by Gasteiger charge is 2.13. The normalized spacial score (nSPS) is 11.8. The number of aromatic hydroxyl groups is 1. The quantitative estimate of drug-likeness (QED) is 0.215. The van der Waals surface area contributed by atoms with E-state index in [-0.39, 0.29) is 5.75 Å². The van der Waals surface area contributed by atoms with Crippen molar-refractivity contribution in [3.63, 3.8) is 0 Å². The lowest BCUT2D eigenvalue weighted by Crippen LogP contribution is -2.22. The average molecular weight is 444 g/mol. The number of rotatable bonds is 13. The Morgan fingerprint density at radius 3 is 2.03 bits per heavy atom. The van der Waals surface area contributed by atoms with Gasteiger partial charge in [0.1, 0.15) is 18.1 Å². The predicted octanol–water partition coefficient (Wildman–Crippen LogP) is 7.31. The van der Waals surface area contributed by atoms with E-state index >= 15 is 0 Å². The number of nitrogens with one attached hydrogen (secondary N) is 1. The zero-order chi connectivity index (χ0) is 23.3. The van der Waals surface area contributed by atoms with Crippen LogP contribution in [0.15, 0.2) is 78.9 Å². The Kier molecular flexibility index (Phi) is 10.1. The van der Waals surface area contributed by atoms with E-state index in [1.165, 1.54) is 42.4 Å². The molecule has 0 bridgehead atoms. The van der Waals surface area contributed by atoms with Crippen molar-refractivity contribution in [2.75, 3.05) is 19.7 Å². The molecule has 3 rings (SSSR count). The molecule has 0 aliphatic rings. The lowest BCUT2D eigenvalue weighted by atomic mass is 9.88. The number of hydrogen-bond acceptors (Lipinski definition) is 3. The first-order chi connectivity index (χ1) is 16.2. The maximum absolute atomic E-state index is 9.80. The van der Waals surface area contributed by atoms with Crippen LogP contribution in [0.3, 0.4) is 0 Å². The summed E-state index contributed by atoms with van der Waals surface area (Å²) in [5.74, 6) is 1.16. The molecule has 0 heterocycles. The number of allylic oxidation sites excluding steroid dienone is 1. The fourth-order valence-electron chi connectivity index (χ4n) is 4.07. The molecule has 3 heteroatoms. The van der Waals surface area contributed by atoms with Crippen LogP contribution in [-0.2, 0) is 0 Å². The summed E-state index contributed by atoms with van der Waals surface area (Å²) in [6.07, 6.45) is 6.02. The molecule has 0 amide bonds. The fraction of sp³-hybridized carbons (Fsp3) is 0.333. The Morgan fingerprint density at radius 2 is 1.39 bits per heavy atom. The zero-order valence-electron chi connectivity index (χ0n) is 20.0. The molecule has 0 aliphatic carbocycles. The molecule has 0 spiro atoms. The lowest BCUT2D eigenvalue weighted by molar-refractivity contribution is 0.313. The van der Waals surface area contributed by atoms with Crippen LogP contribution >= 0.6 is 0 Å². The van der Waals surface area contributed by atoms with E-state index in [0.29, 0.717) is 6.61 Å². The molecule has 0 saturated carbocycles. The van der Waals surface area contributed by atoms with Crippen molar-refractivity contribution in [2.45, 2.75) is 46.0 Å². The number of phenols is 1. The first kappa shape index (κ1) is 24.6. The van der Waals surface area contributed by atoms with Crippen LogP contribution in [0, 0.1) is 0 Å². The van der Waals surface area contributed by atoms with Gasteiger partial charge in [-0.3, -0.25) is 0 Å². The zero-order valence-corrected chi connectivity index (χ0v) is 20.0. The summed E-state index contributed by atoms with van der Waals surface area (Å²) in [4.78, 5) is 0. The molecule has 0 fully saturated rings. The van der Waals surface area contributed by atoms with Crippen LogP contribution in [0.2, 0.25) is 0 Å². The van der Waals surface area contributed by atoms with E-state index in [2.05, 4.69) is 67.7 Å². The Balaban J connectivity index is 1.74. The minimum Gasteiger partial charge on any atom is -0.508 e. The van der Waals surface area contributed by atoms with E-state index in [1.807, 2.05) is 18.2 Å². The summed E-state index contributed by atoms with van der Waals surface area (Å²) in [5, 5.41) is 13.3. The SMILES string of the molecule is CCCCCCNCCOc1ccc(/C(=C(/CC)c2ccccc2)c2ccc(O)cc2)cc1. The molecular formula is C30H37NO2. The van der Waals surface area contributed by atoms with Gasteiger partial charge in [-0.2, -0.15) is 0 Å². The Labute approximate surface area is 199 Å². The summed E-state index contributed by atoms with van der Waals surface area (Å²) in [7, 11) is 0.